The van der Waals surface area contributed by atoms with Crippen LogP contribution in [0.4, 0.5) is 0 Å². The average Bonchev–Trinajstić information content (AvgIpc) is 2.70. The summed E-state index contributed by atoms with van der Waals surface area (Å²) in [6.07, 6.45) is 4.93. The molecule has 0 aromatic carbocycles. The van der Waals surface area contributed by atoms with Crippen LogP contribution < -0.4 is 11.1 Å². The highest BCUT2D eigenvalue weighted by atomic mass is 35.5. The lowest BCUT2D eigenvalue weighted by molar-refractivity contribution is -0.121. The molecule has 112 valence electrons. The number of amides is 1. The van der Waals surface area contributed by atoms with Crippen molar-refractivity contribution in [3.63, 3.8) is 0 Å². The van der Waals surface area contributed by atoms with Crippen LogP contribution in [0.3, 0.4) is 0 Å². The van der Waals surface area contributed by atoms with E-state index in [-0.39, 0.29) is 30.7 Å². The van der Waals surface area contributed by atoms with Crippen molar-refractivity contribution in [2.45, 2.75) is 39.8 Å². The van der Waals surface area contributed by atoms with Crippen molar-refractivity contribution in [3.05, 3.63) is 18.2 Å². The molecule has 0 fully saturated rings. The van der Waals surface area contributed by atoms with Gasteiger partial charge in [-0.3, -0.25) is 4.79 Å². The molecule has 0 atom stereocenters. The SMILES string of the molecule is CC(C)Cn1ccnc1CNC(=O)CCCN.Cl.Cl. The lowest BCUT2D eigenvalue weighted by atomic mass is 10.2. The van der Waals surface area contributed by atoms with Gasteiger partial charge in [-0.15, -0.1) is 24.8 Å². The zero-order valence-corrected chi connectivity index (χ0v) is 13.1. The van der Waals surface area contributed by atoms with E-state index in [1.165, 1.54) is 0 Å². The van der Waals surface area contributed by atoms with E-state index in [0.717, 1.165) is 18.8 Å². The van der Waals surface area contributed by atoms with E-state index in [4.69, 9.17) is 5.73 Å². The van der Waals surface area contributed by atoms with Crippen LogP contribution in [0.25, 0.3) is 0 Å². The molecule has 0 radical (unpaired) electrons. The van der Waals surface area contributed by atoms with E-state index in [9.17, 15) is 4.79 Å². The van der Waals surface area contributed by atoms with Gasteiger partial charge in [-0.05, 0) is 18.9 Å². The molecule has 1 heterocycles. The highest BCUT2D eigenvalue weighted by Crippen LogP contribution is 2.03. The molecule has 5 nitrogen and oxygen atoms in total. The molecule has 19 heavy (non-hydrogen) atoms. The summed E-state index contributed by atoms with van der Waals surface area (Å²) < 4.78 is 2.08. The Labute approximate surface area is 127 Å². The van der Waals surface area contributed by atoms with Crippen LogP contribution in [0.15, 0.2) is 12.4 Å². The van der Waals surface area contributed by atoms with Gasteiger partial charge in [0, 0.05) is 25.4 Å². The lowest BCUT2D eigenvalue weighted by Gasteiger charge is -2.10. The summed E-state index contributed by atoms with van der Waals surface area (Å²) in [6, 6.07) is 0. The van der Waals surface area contributed by atoms with Gasteiger partial charge in [0.25, 0.3) is 0 Å². The molecule has 0 bridgehead atoms. The first-order chi connectivity index (χ1) is 8.13. The second kappa shape index (κ2) is 11.1. The van der Waals surface area contributed by atoms with E-state index in [1.807, 2.05) is 6.20 Å². The van der Waals surface area contributed by atoms with Gasteiger partial charge in [-0.1, -0.05) is 13.8 Å². The standard InChI is InChI=1S/C12H22N4O.2ClH/c1-10(2)9-16-7-6-14-11(16)8-15-12(17)4-3-5-13;;/h6-7,10H,3-5,8-9,13H2,1-2H3,(H,15,17);2*1H. The first-order valence-electron chi connectivity index (χ1n) is 6.10. The summed E-state index contributed by atoms with van der Waals surface area (Å²) >= 11 is 0. The maximum Gasteiger partial charge on any atom is 0.220 e. The Bertz CT molecular complexity index is 355. The predicted octanol–water partition coefficient (Wildman–Crippen LogP) is 1.74. The Balaban J connectivity index is 0. The van der Waals surface area contributed by atoms with Crippen LogP contribution in [0, 0.1) is 5.92 Å². The zero-order valence-electron chi connectivity index (χ0n) is 11.5. The summed E-state index contributed by atoms with van der Waals surface area (Å²) in [5.74, 6) is 1.50. The number of aromatic nitrogens is 2. The zero-order chi connectivity index (χ0) is 12.7. The Morgan fingerprint density at radius 2 is 2.16 bits per heavy atom. The summed E-state index contributed by atoms with van der Waals surface area (Å²) in [7, 11) is 0. The molecule has 0 saturated heterocycles. The van der Waals surface area contributed by atoms with Gasteiger partial charge in [0.1, 0.15) is 5.82 Å². The minimum absolute atomic E-state index is 0. The quantitative estimate of drug-likeness (QED) is 0.805. The molecule has 0 saturated carbocycles. The van der Waals surface area contributed by atoms with Gasteiger partial charge < -0.3 is 15.6 Å². The number of nitrogens with two attached hydrogens (primary N) is 1. The van der Waals surface area contributed by atoms with Crippen LogP contribution in [-0.2, 0) is 17.9 Å². The molecule has 1 aromatic rings. The second-order valence-corrected chi connectivity index (χ2v) is 4.56. The van der Waals surface area contributed by atoms with Crippen molar-refractivity contribution >= 4 is 30.7 Å². The Morgan fingerprint density at radius 1 is 1.47 bits per heavy atom. The normalized spacial score (nSPS) is 9.68. The number of halogens is 2. The van der Waals surface area contributed by atoms with Gasteiger partial charge in [0.15, 0.2) is 0 Å². The third-order valence-electron chi connectivity index (χ3n) is 2.42. The number of carbonyl (C=O) groups excluding carboxylic acids is 1. The number of hydrogen-bond acceptors (Lipinski definition) is 3. The summed E-state index contributed by atoms with van der Waals surface area (Å²) in [6.45, 7) is 6.28. The summed E-state index contributed by atoms with van der Waals surface area (Å²) in [4.78, 5) is 15.7. The maximum atomic E-state index is 11.4. The molecule has 0 aliphatic heterocycles. The number of rotatable bonds is 7. The third kappa shape index (κ3) is 8.08. The molecular formula is C12H24Cl2N4O. The van der Waals surface area contributed by atoms with Crippen LogP contribution in [0.5, 0.6) is 0 Å². The molecule has 0 spiro atoms. The maximum absolute atomic E-state index is 11.4. The van der Waals surface area contributed by atoms with Crippen molar-refractivity contribution < 1.29 is 4.79 Å². The molecular weight excluding hydrogens is 287 g/mol. The van der Waals surface area contributed by atoms with Gasteiger partial charge in [0.2, 0.25) is 5.91 Å². The van der Waals surface area contributed by atoms with E-state index >= 15 is 0 Å². The predicted molar refractivity (Wildman–Crippen MR) is 81.7 cm³/mol. The second-order valence-electron chi connectivity index (χ2n) is 4.56. The molecule has 1 amide bonds. The number of nitrogens with one attached hydrogen (secondary N) is 1. The van der Waals surface area contributed by atoms with Gasteiger partial charge in [-0.25, -0.2) is 4.98 Å². The minimum Gasteiger partial charge on any atom is -0.349 e. The largest absolute Gasteiger partial charge is 0.349 e. The smallest absolute Gasteiger partial charge is 0.220 e. The van der Waals surface area contributed by atoms with E-state index in [2.05, 4.69) is 28.7 Å². The highest BCUT2D eigenvalue weighted by Gasteiger charge is 2.06. The number of carbonyl (C=O) groups is 1. The molecule has 0 aliphatic carbocycles. The number of imidazole rings is 1. The molecule has 0 aliphatic rings. The van der Waals surface area contributed by atoms with Crippen LogP contribution in [0.2, 0.25) is 0 Å². The first kappa shape index (κ1) is 20.5. The summed E-state index contributed by atoms with van der Waals surface area (Å²) in [5, 5.41) is 2.86. The van der Waals surface area contributed by atoms with Gasteiger partial charge in [0.05, 0.1) is 6.54 Å². The number of nitrogens with zero attached hydrogens (tertiary/aromatic N) is 2. The van der Waals surface area contributed by atoms with Gasteiger partial charge >= 0.3 is 0 Å². The van der Waals surface area contributed by atoms with Crippen LogP contribution in [-0.4, -0.2) is 22.0 Å². The topological polar surface area (TPSA) is 72.9 Å². The monoisotopic (exact) mass is 310 g/mol. The lowest BCUT2D eigenvalue weighted by Crippen LogP contribution is -2.25. The fourth-order valence-electron chi connectivity index (χ4n) is 1.60. The van der Waals surface area contributed by atoms with Crippen molar-refractivity contribution in [2.24, 2.45) is 11.7 Å². The molecule has 7 heteroatoms. The molecule has 0 unspecified atom stereocenters. The van der Waals surface area contributed by atoms with Crippen molar-refractivity contribution in [1.82, 2.24) is 14.9 Å². The van der Waals surface area contributed by atoms with Crippen molar-refractivity contribution in [2.75, 3.05) is 6.54 Å². The molecule has 1 aromatic heterocycles. The third-order valence-corrected chi connectivity index (χ3v) is 2.42. The molecule has 1 rings (SSSR count). The van der Waals surface area contributed by atoms with Crippen LogP contribution >= 0.6 is 24.8 Å². The van der Waals surface area contributed by atoms with Crippen molar-refractivity contribution in [3.8, 4) is 0 Å². The first-order valence-corrected chi connectivity index (χ1v) is 6.10. The van der Waals surface area contributed by atoms with Gasteiger partial charge in [-0.2, -0.15) is 0 Å². The summed E-state index contributed by atoms with van der Waals surface area (Å²) in [5.41, 5.74) is 5.35. The van der Waals surface area contributed by atoms with Crippen LogP contribution in [0.1, 0.15) is 32.5 Å². The van der Waals surface area contributed by atoms with Crippen molar-refractivity contribution in [1.29, 1.82) is 0 Å². The van der Waals surface area contributed by atoms with E-state index in [1.54, 1.807) is 6.20 Å². The van der Waals surface area contributed by atoms with E-state index < -0.39 is 0 Å². The fraction of sp³-hybridized carbons (Fsp3) is 0.667. The Kier molecular flexibility index (Phi) is 12.0. The Morgan fingerprint density at radius 3 is 2.74 bits per heavy atom. The number of hydrogen-bond donors (Lipinski definition) is 2. The fourth-order valence-corrected chi connectivity index (χ4v) is 1.60. The van der Waals surface area contributed by atoms with E-state index in [0.29, 0.717) is 25.4 Å². The minimum atomic E-state index is 0. The molecule has 3 N–H and O–H groups in total. The average molecular weight is 311 g/mol. The highest BCUT2D eigenvalue weighted by molar-refractivity contribution is 5.85. The Hall–Kier alpha value is -0.780.